The van der Waals surface area contributed by atoms with E-state index in [1.54, 1.807) is 6.26 Å². The lowest BCUT2D eigenvalue weighted by Gasteiger charge is -2.10. The van der Waals surface area contributed by atoms with Gasteiger partial charge < -0.3 is 9.15 Å². The number of nitrogens with zero attached hydrogens (tertiary/aromatic N) is 1. The van der Waals surface area contributed by atoms with Crippen molar-refractivity contribution in [1.29, 1.82) is 0 Å². The van der Waals surface area contributed by atoms with E-state index in [9.17, 15) is 0 Å². The Hall–Kier alpha value is -2.03. The van der Waals surface area contributed by atoms with Gasteiger partial charge >= 0.3 is 0 Å². The number of hydrogen-bond acceptors (Lipinski definition) is 3. The van der Waals surface area contributed by atoms with E-state index in [2.05, 4.69) is 4.99 Å². The van der Waals surface area contributed by atoms with Crippen molar-refractivity contribution in [2.75, 3.05) is 0 Å². The normalized spacial score (nSPS) is 11.9. The summed E-state index contributed by atoms with van der Waals surface area (Å²) in [4.78, 5) is 4.48. The number of rotatable bonds is 3. The molecule has 2 rings (SSSR count). The van der Waals surface area contributed by atoms with Gasteiger partial charge in [0.15, 0.2) is 5.76 Å². The molecule has 0 spiro atoms. The van der Waals surface area contributed by atoms with Crippen molar-refractivity contribution in [3.8, 4) is 0 Å². The minimum atomic E-state index is 0.0549. The van der Waals surface area contributed by atoms with E-state index >= 15 is 0 Å². The fourth-order valence-electron chi connectivity index (χ4n) is 1.50. The molecule has 0 aliphatic rings. The smallest absolute Gasteiger partial charge is 0.258 e. The van der Waals surface area contributed by atoms with Crippen LogP contribution in [0.15, 0.2) is 52.1 Å². The summed E-state index contributed by atoms with van der Waals surface area (Å²) in [7, 11) is 0. The molecule has 18 heavy (non-hydrogen) atoms. The summed E-state index contributed by atoms with van der Waals surface area (Å²) in [6, 6.07) is 11.6. The van der Waals surface area contributed by atoms with Gasteiger partial charge in [-0.1, -0.05) is 17.7 Å². The topological polar surface area (TPSA) is 34.7 Å². The van der Waals surface area contributed by atoms with Gasteiger partial charge in [-0.15, -0.1) is 0 Å². The van der Waals surface area contributed by atoms with Gasteiger partial charge in [0.05, 0.1) is 18.1 Å². The first-order chi connectivity index (χ1) is 8.65. The first-order valence-corrected chi connectivity index (χ1v) is 6.01. The molecule has 1 heterocycles. The maximum absolute atomic E-state index is 5.69. The lowest BCUT2D eigenvalue weighted by atomic mass is 10.2. The average Bonchev–Trinajstić information content (AvgIpc) is 2.84. The summed E-state index contributed by atoms with van der Waals surface area (Å²) >= 11 is 0. The fraction of sp³-hybridized carbons (Fsp3) is 0.267. The highest BCUT2D eigenvalue weighted by molar-refractivity contribution is 5.93. The third kappa shape index (κ3) is 3.23. The SMILES string of the molecule is Cc1ccc(N=C(OC(C)C)c2ccco2)cc1. The van der Waals surface area contributed by atoms with Crippen molar-refractivity contribution in [1.82, 2.24) is 0 Å². The molecule has 0 aliphatic heterocycles. The molecule has 0 saturated heterocycles. The van der Waals surface area contributed by atoms with Crippen LogP contribution in [-0.4, -0.2) is 12.0 Å². The van der Waals surface area contributed by atoms with Crippen LogP contribution in [0.25, 0.3) is 0 Å². The van der Waals surface area contributed by atoms with Crippen molar-refractivity contribution in [2.45, 2.75) is 26.9 Å². The predicted molar refractivity (Wildman–Crippen MR) is 72.3 cm³/mol. The molecular weight excluding hydrogens is 226 g/mol. The second-order valence-corrected chi connectivity index (χ2v) is 4.40. The Labute approximate surface area is 107 Å². The molecule has 94 valence electrons. The Kier molecular flexibility index (Phi) is 3.82. The molecule has 0 atom stereocenters. The molecule has 0 saturated carbocycles. The van der Waals surface area contributed by atoms with Crippen LogP contribution in [0.3, 0.4) is 0 Å². The molecule has 0 amide bonds. The van der Waals surface area contributed by atoms with Gasteiger partial charge in [0.1, 0.15) is 0 Å². The Balaban J connectivity index is 2.31. The number of furan rings is 1. The van der Waals surface area contributed by atoms with Crippen molar-refractivity contribution < 1.29 is 9.15 Å². The Morgan fingerprint density at radius 1 is 1.17 bits per heavy atom. The van der Waals surface area contributed by atoms with Gasteiger partial charge in [-0.2, -0.15) is 0 Å². The summed E-state index contributed by atoms with van der Waals surface area (Å²) in [5.74, 6) is 1.16. The lowest BCUT2D eigenvalue weighted by Crippen LogP contribution is -2.12. The second kappa shape index (κ2) is 5.54. The summed E-state index contributed by atoms with van der Waals surface area (Å²) in [5, 5.41) is 0. The molecule has 0 unspecified atom stereocenters. The van der Waals surface area contributed by atoms with Gasteiger partial charge in [0.2, 0.25) is 0 Å². The molecule has 0 bridgehead atoms. The van der Waals surface area contributed by atoms with Gasteiger partial charge in [-0.3, -0.25) is 0 Å². The molecule has 0 radical (unpaired) electrons. The van der Waals surface area contributed by atoms with Crippen LogP contribution < -0.4 is 0 Å². The third-order valence-corrected chi connectivity index (χ3v) is 2.34. The number of ether oxygens (including phenoxy) is 1. The number of aryl methyl sites for hydroxylation is 1. The zero-order valence-electron chi connectivity index (χ0n) is 10.9. The highest BCUT2D eigenvalue weighted by atomic mass is 16.5. The van der Waals surface area contributed by atoms with Crippen molar-refractivity contribution >= 4 is 11.6 Å². The largest absolute Gasteiger partial charge is 0.472 e. The van der Waals surface area contributed by atoms with E-state index in [-0.39, 0.29) is 6.10 Å². The maximum Gasteiger partial charge on any atom is 0.258 e. The molecule has 3 nitrogen and oxygen atoms in total. The van der Waals surface area contributed by atoms with Crippen LogP contribution >= 0.6 is 0 Å². The van der Waals surface area contributed by atoms with Crippen LogP contribution in [0, 0.1) is 6.92 Å². The Morgan fingerprint density at radius 3 is 2.44 bits per heavy atom. The van der Waals surface area contributed by atoms with Crippen LogP contribution in [0.1, 0.15) is 25.2 Å². The molecule has 3 heteroatoms. The zero-order valence-corrected chi connectivity index (χ0v) is 10.9. The maximum atomic E-state index is 5.69. The monoisotopic (exact) mass is 243 g/mol. The first kappa shape index (κ1) is 12.4. The second-order valence-electron chi connectivity index (χ2n) is 4.40. The molecule has 0 fully saturated rings. The number of aliphatic imine (C=N–C) groups is 1. The minimum absolute atomic E-state index is 0.0549. The van der Waals surface area contributed by atoms with Crippen LogP contribution in [0.5, 0.6) is 0 Å². The van der Waals surface area contributed by atoms with E-state index in [1.807, 2.05) is 57.2 Å². The summed E-state index contributed by atoms with van der Waals surface area (Å²) in [5.41, 5.74) is 2.06. The summed E-state index contributed by atoms with van der Waals surface area (Å²) < 4.78 is 11.0. The molecule has 1 aromatic heterocycles. The molecule has 0 aliphatic carbocycles. The Morgan fingerprint density at radius 2 is 1.89 bits per heavy atom. The predicted octanol–water partition coefficient (Wildman–Crippen LogP) is 4.09. The van der Waals surface area contributed by atoms with E-state index in [4.69, 9.17) is 9.15 Å². The Bertz CT molecular complexity index is 510. The zero-order chi connectivity index (χ0) is 13.0. The van der Waals surface area contributed by atoms with Gasteiger partial charge in [-0.05, 0) is 45.0 Å². The number of hydrogen-bond donors (Lipinski definition) is 0. The van der Waals surface area contributed by atoms with E-state index in [0.29, 0.717) is 11.7 Å². The highest BCUT2D eigenvalue weighted by Crippen LogP contribution is 2.16. The average molecular weight is 243 g/mol. The van der Waals surface area contributed by atoms with Crippen LogP contribution in [0.2, 0.25) is 0 Å². The minimum Gasteiger partial charge on any atom is -0.472 e. The van der Waals surface area contributed by atoms with Crippen molar-refractivity contribution in [2.24, 2.45) is 4.99 Å². The molecule has 2 aromatic rings. The van der Waals surface area contributed by atoms with Gasteiger partial charge in [-0.25, -0.2) is 4.99 Å². The van der Waals surface area contributed by atoms with E-state index in [1.165, 1.54) is 5.56 Å². The molecule has 1 aromatic carbocycles. The van der Waals surface area contributed by atoms with Gasteiger partial charge in [0, 0.05) is 0 Å². The fourth-order valence-corrected chi connectivity index (χ4v) is 1.50. The van der Waals surface area contributed by atoms with E-state index in [0.717, 1.165) is 5.69 Å². The molecule has 0 N–H and O–H groups in total. The summed E-state index contributed by atoms with van der Waals surface area (Å²) in [6.07, 6.45) is 1.67. The van der Waals surface area contributed by atoms with Gasteiger partial charge in [0.25, 0.3) is 5.90 Å². The molecular formula is C15H17NO2. The van der Waals surface area contributed by atoms with Crippen molar-refractivity contribution in [3.05, 3.63) is 54.0 Å². The van der Waals surface area contributed by atoms with Crippen LogP contribution in [0.4, 0.5) is 5.69 Å². The lowest BCUT2D eigenvalue weighted by molar-refractivity contribution is 0.224. The quantitative estimate of drug-likeness (QED) is 0.601. The third-order valence-electron chi connectivity index (χ3n) is 2.34. The first-order valence-electron chi connectivity index (χ1n) is 6.01. The number of benzene rings is 1. The van der Waals surface area contributed by atoms with Crippen LogP contribution in [-0.2, 0) is 4.74 Å². The van der Waals surface area contributed by atoms with Crippen molar-refractivity contribution in [3.63, 3.8) is 0 Å². The standard InChI is InChI=1S/C15H17NO2/c1-11(2)18-15(14-5-4-10-17-14)16-13-8-6-12(3)7-9-13/h4-11H,1-3H3. The highest BCUT2D eigenvalue weighted by Gasteiger charge is 2.10. The summed E-state index contributed by atoms with van der Waals surface area (Å²) in [6.45, 7) is 5.98. The van der Waals surface area contributed by atoms with E-state index < -0.39 is 0 Å².